The lowest BCUT2D eigenvalue weighted by molar-refractivity contribution is 0.370. The Morgan fingerprint density at radius 1 is 1.35 bits per heavy atom. The van der Waals surface area contributed by atoms with Crippen molar-refractivity contribution in [2.24, 2.45) is 10.4 Å². The van der Waals surface area contributed by atoms with Crippen molar-refractivity contribution in [3.8, 4) is 0 Å². The van der Waals surface area contributed by atoms with Crippen molar-refractivity contribution >= 4 is 17.7 Å². The summed E-state index contributed by atoms with van der Waals surface area (Å²) < 4.78 is 0. The highest BCUT2D eigenvalue weighted by Crippen LogP contribution is 2.28. The zero-order valence-corrected chi connectivity index (χ0v) is 13.5. The Hall–Kier alpha value is -1.16. The van der Waals surface area contributed by atoms with Gasteiger partial charge in [-0.1, -0.05) is 32.0 Å². The molecule has 1 heterocycles. The highest BCUT2D eigenvalue weighted by molar-refractivity contribution is 7.99. The number of thioether (sulfide) groups is 1. The van der Waals surface area contributed by atoms with Gasteiger partial charge in [0.2, 0.25) is 0 Å². The topological polar surface area (TPSA) is 27.6 Å². The number of nitrogens with one attached hydrogen (secondary N) is 1. The Morgan fingerprint density at radius 2 is 2.10 bits per heavy atom. The average Bonchev–Trinajstić information content (AvgIpc) is 2.80. The van der Waals surface area contributed by atoms with Crippen LogP contribution in [0.2, 0.25) is 0 Å². The predicted octanol–water partition coefficient (Wildman–Crippen LogP) is 3.09. The summed E-state index contributed by atoms with van der Waals surface area (Å²) in [6, 6.07) is 10.5. The molecule has 1 aromatic rings. The maximum atomic E-state index is 4.40. The largest absolute Gasteiger partial charge is 0.355 e. The van der Waals surface area contributed by atoms with Crippen LogP contribution in [0.3, 0.4) is 0 Å². The number of likely N-dealkylation sites (tertiary alicyclic amines) is 1. The molecule has 0 spiro atoms. The molecular weight excluding hydrogens is 266 g/mol. The van der Waals surface area contributed by atoms with E-state index in [0.717, 1.165) is 31.3 Å². The second-order valence-electron chi connectivity index (χ2n) is 5.97. The summed E-state index contributed by atoms with van der Waals surface area (Å²) in [6.45, 7) is 7.80. The summed E-state index contributed by atoms with van der Waals surface area (Å²) in [4.78, 5) is 8.10. The molecular formula is C16H25N3S. The van der Waals surface area contributed by atoms with Crippen LogP contribution in [0.25, 0.3) is 0 Å². The van der Waals surface area contributed by atoms with Gasteiger partial charge < -0.3 is 10.2 Å². The minimum Gasteiger partial charge on any atom is -0.355 e. The van der Waals surface area contributed by atoms with Gasteiger partial charge in [-0.05, 0) is 24.0 Å². The van der Waals surface area contributed by atoms with Crippen LogP contribution in [0.15, 0.2) is 40.2 Å². The average molecular weight is 291 g/mol. The van der Waals surface area contributed by atoms with Crippen molar-refractivity contribution in [3.05, 3.63) is 30.3 Å². The first-order valence-electron chi connectivity index (χ1n) is 7.24. The fourth-order valence-electron chi connectivity index (χ4n) is 2.47. The van der Waals surface area contributed by atoms with Gasteiger partial charge in [-0.25, -0.2) is 0 Å². The molecule has 2 rings (SSSR count). The van der Waals surface area contributed by atoms with E-state index < -0.39 is 0 Å². The second-order valence-corrected chi connectivity index (χ2v) is 7.14. The first-order valence-corrected chi connectivity index (χ1v) is 8.23. The quantitative estimate of drug-likeness (QED) is 0.400. The molecule has 4 heteroatoms. The molecule has 0 saturated carbocycles. The summed E-state index contributed by atoms with van der Waals surface area (Å²) in [5.41, 5.74) is 0.413. The van der Waals surface area contributed by atoms with E-state index in [1.807, 2.05) is 18.8 Å². The Bertz CT molecular complexity index is 442. The molecule has 1 saturated heterocycles. The first-order chi connectivity index (χ1) is 9.61. The molecule has 1 aliphatic rings. The van der Waals surface area contributed by atoms with Gasteiger partial charge in [0.1, 0.15) is 0 Å². The lowest BCUT2D eigenvalue weighted by atomic mass is 9.93. The molecule has 1 aromatic carbocycles. The predicted molar refractivity (Wildman–Crippen MR) is 88.5 cm³/mol. The minimum absolute atomic E-state index is 0.413. The maximum absolute atomic E-state index is 4.40. The molecule has 1 aliphatic heterocycles. The van der Waals surface area contributed by atoms with Crippen LogP contribution < -0.4 is 5.32 Å². The number of rotatable bonds is 4. The molecule has 0 amide bonds. The van der Waals surface area contributed by atoms with Gasteiger partial charge in [-0.3, -0.25) is 4.99 Å². The second kappa shape index (κ2) is 7.02. The van der Waals surface area contributed by atoms with Gasteiger partial charge in [-0.2, -0.15) is 0 Å². The molecule has 20 heavy (non-hydrogen) atoms. The maximum Gasteiger partial charge on any atom is 0.193 e. The SMILES string of the molecule is CN=C(NCCSc1ccccc1)N1CCC(C)(C)C1. The van der Waals surface area contributed by atoms with Gasteiger partial charge in [0.15, 0.2) is 5.96 Å². The Balaban J connectivity index is 1.72. The van der Waals surface area contributed by atoms with E-state index in [9.17, 15) is 0 Å². The molecule has 0 bridgehead atoms. The van der Waals surface area contributed by atoms with Gasteiger partial charge in [-0.15, -0.1) is 11.8 Å². The van der Waals surface area contributed by atoms with Crippen LogP contribution >= 0.6 is 11.8 Å². The van der Waals surface area contributed by atoms with Gasteiger partial charge >= 0.3 is 0 Å². The lowest BCUT2D eigenvalue weighted by Crippen LogP contribution is -2.41. The van der Waals surface area contributed by atoms with Gasteiger partial charge in [0.05, 0.1) is 0 Å². The van der Waals surface area contributed by atoms with E-state index in [1.54, 1.807) is 0 Å². The van der Waals surface area contributed by atoms with Crippen molar-refractivity contribution in [2.45, 2.75) is 25.2 Å². The third kappa shape index (κ3) is 4.44. The summed E-state index contributed by atoms with van der Waals surface area (Å²) >= 11 is 1.88. The van der Waals surface area contributed by atoms with Crippen LogP contribution in [0, 0.1) is 5.41 Å². The molecule has 0 atom stereocenters. The number of hydrogen-bond donors (Lipinski definition) is 1. The molecule has 110 valence electrons. The van der Waals surface area contributed by atoms with Crippen LogP contribution in [0.1, 0.15) is 20.3 Å². The Morgan fingerprint density at radius 3 is 2.70 bits per heavy atom. The summed E-state index contributed by atoms with van der Waals surface area (Å²) in [5.74, 6) is 2.10. The zero-order valence-electron chi connectivity index (χ0n) is 12.7. The number of hydrogen-bond acceptors (Lipinski definition) is 2. The molecule has 0 aliphatic carbocycles. The van der Waals surface area contributed by atoms with Crippen LogP contribution in [0.5, 0.6) is 0 Å². The number of benzene rings is 1. The number of nitrogens with zero attached hydrogens (tertiary/aromatic N) is 2. The zero-order chi connectivity index (χ0) is 14.4. The van der Waals surface area contributed by atoms with Crippen molar-refractivity contribution in [1.82, 2.24) is 10.2 Å². The number of aliphatic imine (C=N–C) groups is 1. The van der Waals surface area contributed by atoms with Gasteiger partial charge in [0.25, 0.3) is 0 Å². The first kappa shape index (κ1) is 15.2. The standard InChI is InChI=1S/C16H25N3S/c1-16(2)9-11-19(13-16)15(17-3)18-10-12-20-14-7-5-4-6-8-14/h4-8H,9-13H2,1-3H3,(H,17,18). The minimum atomic E-state index is 0.413. The van der Waals surface area contributed by atoms with E-state index in [1.165, 1.54) is 11.3 Å². The van der Waals surface area contributed by atoms with Gasteiger partial charge in [0, 0.05) is 37.3 Å². The summed E-state index contributed by atoms with van der Waals surface area (Å²) in [7, 11) is 1.87. The fourth-order valence-corrected chi connectivity index (χ4v) is 3.26. The summed E-state index contributed by atoms with van der Waals surface area (Å²) in [5, 5.41) is 3.47. The molecule has 0 radical (unpaired) electrons. The molecule has 1 N–H and O–H groups in total. The molecule has 0 aromatic heterocycles. The molecule has 3 nitrogen and oxygen atoms in total. The third-order valence-corrected chi connectivity index (χ3v) is 4.60. The van der Waals surface area contributed by atoms with E-state index in [-0.39, 0.29) is 0 Å². The van der Waals surface area contributed by atoms with E-state index in [0.29, 0.717) is 5.41 Å². The fraction of sp³-hybridized carbons (Fsp3) is 0.562. The highest BCUT2D eigenvalue weighted by Gasteiger charge is 2.30. The Labute approximate surface area is 126 Å². The summed E-state index contributed by atoms with van der Waals surface area (Å²) in [6.07, 6.45) is 1.24. The normalized spacial score (nSPS) is 18.4. The lowest BCUT2D eigenvalue weighted by Gasteiger charge is -2.23. The van der Waals surface area contributed by atoms with Crippen LogP contribution in [-0.4, -0.2) is 43.3 Å². The monoisotopic (exact) mass is 291 g/mol. The van der Waals surface area contributed by atoms with Crippen LogP contribution in [0.4, 0.5) is 0 Å². The third-order valence-electron chi connectivity index (χ3n) is 3.59. The smallest absolute Gasteiger partial charge is 0.193 e. The highest BCUT2D eigenvalue weighted by atomic mass is 32.2. The van der Waals surface area contributed by atoms with Crippen LogP contribution in [-0.2, 0) is 0 Å². The molecule has 0 unspecified atom stereocenters. The Kier molecular flexibility index (Phi) is 5.35. The van der Waals surface area contributed by atoms with E-state index >= 15 is 0 Å². The van der Waals surface area contributed by atoms with E-state index in [2.05, 4.69) is 59.4 Å². The van der Waals surface area contributed by atoms with E-state index in [4.69, 9.17) is 0 Å². The van der Waals surface area contributed by atoms with Crippen molar-refractivity contribution in [1.29, 1.82) is 0 Å². The van der Waals surface area contributed by atoms with Crippen molar-refractivity contribution in [3.63, 3.8) is 0 Å². The molecule has 1 fully saturated rings. The number of guanidine groups is 1. The van der Waals surface area contributed by atoms with Crippen molar-refractivity contribution < 1.29 is 0 Å². The van der Waals surface area contributed by atoms with Crippen molar-refractivity contribution in [2.75, 3.05) is 32.4 Å².